The number of nitrogens with one attached hydrogen (secondary N) is 1. The van der Waals surface area contributed by atoms with Gasteiger partial charge in [-0.25, -0.2) is 0 Å². The van der Waals surface area contributed by atoms with Gasteiger partial charge in [0.15, 0.2) is 5.78 Å². The molecule has 1 N–H and O–H groups in total. The van der Waals surface area contributed by atoms with Crippen LogP contribution < -0.4 is 5.32 Å². The van der Waals surface area contributed by atoms with Crippen LogP contribution in [-0.2, 0) is 4.79 Å². The van der Waals surface area contributed by atoms with Gasteiger partial charge in [0, 0.05) is 0 Å². The lowest BCUT2D eigenvalue weighted by Gasteiger charge is -2.10. The van der Waals surface area contributed by atoms with Gasteiger partial charge < -0.3 is 5.32 Å². The lowest BCUT2D eigenvalue weighted by atomic mass is 10.00. The number of rotatable bonds is 0. The fourth-order valence-corrected chi connectivity index (χ4v) is 1.46. The zero-order chi connectivity index (χ0) is 6.97. The van der Waals surface area contributed by atoms with Crippen molar-refractivity contribution in [3.05, 3.63) is 23.8 Å². The van der Waals surface area contributed by atoms with Crippen LogP contribution in [0.4, 0.5) is 0 Å². The summed E-state index contributed by atoms with van der Waals surface area (Å²) in [5.74, 6) is 0.204. The Morgan fingerprint density at radius 2 is 2.50 bits per heavy atom. The van der Waals surface area contributed by atoms with Crippen molar-refractivity contribution >= 4 is 5.78 Å². The number of carbonyl (C=O) groups is 1. The zero-order valence-corrected chi connectivity index (χ0v) is 5.63. The van der Waals surface area contributed by atoms with Gasteiger partial charge in [-0.3, -0.25) is 4.79 Å². The molecule has 0 aromatic heterocycles. The zero-order valence-electron chi connectivity index (χ0n) is 5.63. The standard InChI is InChI=1S/C8H9NO/c10-7-3-1-2-6-4-5-9-8(6)7/h1-3,8-9H,4-5H2. The van der Waals surface area contributed by atoms with Crippen molar-refractivity contribution in [3.8, 4) is 0 Å². The van der Waals surface area contributed by atoms with Gasteiger partial charge in [-0.1, -0.05) is 12.2 Å². The highest BCUT2D eigenvalue weighted by Gasteiger charge is 2.26. The minimum Gasteiger partial charge on any atom is -0.303 e. The predicted molar refractivity (Wildman–Crippen MR) is 38.6 cm³/mol. The molecule has 0 bridgehead atoms. The minimum absolute atomic E-state index is 0.0185. The maximum atomic E-state index is 11.1. The minimum atomic E-state index is 0.0185. The lowest BCUT2D eigenvalue weighted by Crippen LogP contribution is -2.31. The predicted octanol–water partition coefficient (Wildman–Crippen LogP) is 0.414. The molecule has 1 aliphatic heterocycles. The Morgan fingerprint density at radius 3 is 3.30 bits per heavy atom. The molecule has 52 valence electrons. The van der Waals surface area contributed by atoms with Crippen molar-refractivity contribution in [2.75, 3.05) is 6.54 Å². The first kappa shape index (κ1) is 5.86. The van der Waals surface area contributed by atoms with Crippen LogP contribution in [0.15, 0.2) is 23.8 Å². The molecule has 1 atom stereocenters. The highest BCUT2D eigenvalue weighted by Crippen LogP contribution is 2.18. The Labute approximate surface area is 59.6 Å². The van der Waals surface area contributed by atoms with Crippen LogP contribution in [0.5, 0.6) is 0 Å². The quantitative estimate of drug-likeness (QED) is 0.521. The van der Waals surface area contributed by atoms with E-state index in [1.807, 2.05) is 12.2 Å². The van der Waals surface area contributed by atoms with E-state index in [1.165, 1.54) is 5.57 Å². The van der Waals surface area contributed by atoms with Crippen LogP contribution in [0.25, 0.3) is 0 Å². The largest absolute Gasteiger partial charge is 0.303 e. The van der Waals surface area contributed by atoms with E-state index in [-0.39, 0.29) is 11.8 Å². The number of allylic oxidation sites excluding steroid dienone is 2. The van der Waals surface area contributed by atoms with E-state index in [1.54, 1.807) is 6.08 Å². The van der Waals surface area contributed by atoms with Gasteiger partial charge >= 0.3 is 0 Å². The molecule has 0 amide bonds. The van der Waals surface area contributed by atoms with Crippen LogP contribution in [0.3, 0.4) is 0 Å². The number of fused-ring (bicyclic) bond motifs is 1. The molecule has 2 rings (SSSR count). The molecule has 2 heteroatoms. The van der Waals surface area contributed by atoms with Gasteiger partial charge in [-0.2, -0.15) is 0 Å². The molecule has 1 unspecified atom stereocenters. The molecule has 2 nitrogen and oxygen atoms in total. The first-order chi connectivity index (χ1) is 4.88. The van der Waals surface area contributed by atoms with Crippen LogP contribution in [0, 0.1) is 0 Å². The summed E-state index contributed by atoms with van der Waals surface area (Å²) >= 11 is 0. The molecular formula is C8H9NO. The SMILES string of the molecule is O=C1C=CC=C2CCNC12. The summed E-state index contributed by atoms with van der Waals surface area (Å²) in [5.41, 5.74) is 1.24. The Morgan fingerprint density at radius 1 is 1.60 bits per heavy atom. The summed E-state index contributed by atoms with van der Waals surface area (Å²) < 4.78 is 0. The molecule has 1 saturated heterocycles. The van der Waals surface area contributed by atoms with E-state index in [4.69, 9.17) is 0 Å². The Bertz CT molecular complexity index is 227. The normalized spacial score (nSPS) is 30.2. The molecule has 1 aliphatic carbocycles. The van der Waals surface area contributed by atoms with Crippen molar-refractivity contribution < 1.29 is 4.79 Å². The van der Waals surface area contributed by atoms with Gasteiger partial charge in [0.1, 0.15) is 0 Å². The van der Waals surface area contributed by atoms with E-state index in [9.17, 15) is 4.79 Å². The van der Waals surface area contributed by atoms with E-state index in [2.05, 4.69) is 5.32 Å². The number of ketones is 1. The summed E-state index contributed by atoms with van der Waals surface area (Å²) in [4.78, 5) is 11.1. The Hall–Kier alpha value is -0.890. The van der Waals surface area contributed by atoms with Gasteiger partial charge in [-0.15, -0.1) is 0 Å². The highest BCUT2D eigenvalue weighted by molar-refractivity contribution is 5.98. The molecule has 1 fully saturated rings. The third kappa shape index (κ3) is 0.727. The van der Waals surface area contributed by atoms with Crippen molar-refractivity contribution in [1.29, 1.82) is 0 Å². The smallest absolute Gasteiger partial charge is 0.176 e. The van der Waals surface area contributed by atoms with Crippen LogP contribution in [0.1, 0.15) is 6.42 Å². The molecule has 10 heavy (non-hydrogen) atoms. The van der Waals surface area contributed by atoms with E-state index >= 15 is 0 Å². The Kier molecular flexibility index (Phi) is 1.21. The summed E-state index contributed by atoms with van der Waals surface area (Å²) in [7, 11) is 0. The van der Waals surface area contributed by atoms with Gasteiger partial charge in [-0.05, 0) is 24.6 Å². The summed E-state index contributed by atoms with van der Waals surface area (Å²) in [5, 5.41) is 3.14. The second-order valence-corrected chi connectivity index (χ2v) is 2.64. The highest BCUT2D eigenvalue weighted by atomic mass is 16.1. The fraction of sp³-hybridized carbons (Fsp3) is 0.375. The molecule has 0 aromatic carbocycles. The number of hydrogen-bond acceptors (Lipinski definition) is 2. The summed E-state index contributed by atoms with van der Waals surface area (Å²) in [6.45, 7) is 0.948. The third-order valence-electron chi connectivity index (χ3n) is 1.99. The monoisotopic (exact) mass is 135 g/mol. The van der Waals surface area contributed by atoms with Crippen molar-refractivity contribution in [2.24, 2.45) is 0 Å². The average Bonchev–Trinajstić information content (AvgIpc) is 2.36. The molecule has 0 saturated carbocycles. The first-order valence-electron chi connectivity index (χ1n) is 3.52. The average molecular weight is 135 g/mol. The Balaban J connectivity index is 2.33. The van der Waals surface area contributed by atoms with Crippen molar-refractivity contribution in [3.63, 3.8) is 0 Å². The maximum absolute atomic E-state index is 11.1. The molecule has 0 radical (unpaired) electrons. The number of hydrogen-bond donors (Lipinski definition) is 1. The maximum Gasteiger partial charge on any atom is 0.176 e. The van der Waals surface area contributed by atoms with E-state index in [0.29, 0.717) is 0 Å². The van der Waals surface area contributed by atoms with E-state index < -0.39 is 0 Å². The second kappa shape index (κ2) is 2.06. The second-order valence-electron chi connectivity index (χ2n) is 2.64. The number of carbonyl (C=O) groups excluding carboxylic acids is 1. The van der Waals surface area contributed by atoms with Crippen molar-refractivity contribution in [2.45, 2.75) is 12.5 Å². The molecule has 0 aromatic rings. The fourth-order valence-electron chi connectivity index (χ4n) is 1.46. The van der Waals surface area contributed by atoms with Gasteiger partial charge in [0.25, 0.3) is 0 Å². The third-order valence-corrected chi connectivity index (χ3v) is 1.99. The van der Waals surface area contributed by atoms with Crippen LogP contribution >= 0.6 is 0 Å². The summed E-state index contributed by atoms with van der Waals surface area (Å²) in [6.07, 6.45) is 6.53. The van der Waals surface area contributed by atoms with Crippen LogP contribution in [-0.4, -0.2) is 18.4 Å². The first-order valence-corrected chi connectivity index (χ1v) is 3.52. The molecular weight excluding hydrogens is 126 g/mol. The molecule has 2 aliphatic rings. The van der Waals surface area contributed by atoms with Gasteiger partial charge in [0.2, 0.25) is 0 Å². The van der Waals surface area contributed by atoms with Gasteiger partial charge in [0.05, 0.1) is 6.04 Å². The lowest BCUT2D eigenvalue weighted by molar-refractivity contribution is -0.115. The van der Waals surface area contributed by atoms with E-state index in [0.717, 1.165) is 13.0 Å². The van der Waals surface area contributed by atoms with Crippen LogP contribution in [0.2, 0.25) is 0 Å². The summed E-state index contributed by atoms with van der Waals surface area (Å²) in [6, 6.07) is 0.0185. The van der Waals surface area contributed by atoms with Crippen molar-refractivity contribution in [1.82, 2.24) is 5.32 Å². The molecule has 0 spiro atoms. The molecule has 1 heterocycles. The topological polar surface area (TPSA) is 29.1 Å².